The Hall–Kier alpha value is -5.53. The first-order valence-corrected chi connectivity index (χ1v) is 19.6. The van der Waals surface area contributed by atoms with Gasteiger partial charge in [0, 0.05) is 25.2 Å². The van der Waals surface area contributed by atoms with Gasteiger partial charge in [-0.1, -0.05) is 74.4 Å². The zero-order chi connectivity index (χ0) is 40.4. The van der Waals surface area contributed by atoms with Crippen LogP contribution in [-0.2, 0) is 46.5 Å². The summed E-state index contributed by atoms with van der Waals surface area (Å²) < 4.78 is 5.39. The molecule has 2 fully saturated rings. The van der Waals surface area contributed by atoms with E-state index in [1.165, 1.54) is 10.5 Å². The Balaban J connectivity index is 1.07. The number of unbranched alkanes of at least 4 members (excludes halogenated alkanes) is 2. The number of nitrogens with two attached hydrogens (primary N) is 1. The average molecular weight is 771 g/mol. The van der Waals surface area contributed by atoms with E-state index in [0.717, 1.165) is 17.5 Å². The van der Waals surface area contributed by atoms with Crippen LogP contribution < -0.4 is 27.0 Å². The minimum absolute atomic E-state index is 0.0629. The third-order valence-electron chi connectivity index (χ3n) is 10.9. The third kappa shape index (κ3) is 10.8. The standard InChI is InChI=1S/C42H54N6O8/c1-25(2)37(47-33(49)14-8-5-9-20-48-40(53)35-29-21-26(3)31(23-29)36(35)41(48)54)39(52)46-32(13-10-19-44-42(43)55)38(51)45-30-17-15-28(16-18-30)24-56-34(50)22-27-11-6-4-7-12-27/h4,6-7,11-12,15-18,21,25,29,31-32,35-37H,5,8-10,13-14,19-20,22-24H2,1-3H3,(H,45,51)(H,46,52)(H,47,49)(H3,43,44,55)/t29?,31?,32-,35?,36?,37?/m0/s1. The number of allylic oxidation sites excluding steroid dienone is 2. The molecule has 7 amide bonds. The number of esters is 1. The van der Waals surface area contributed by atoms with Crippen molar-refractivity contribution in [1.82, 2.24) is 20.9 Å². The Kier molecular flexibility index (Phi) is 14.4. The van der Waals surface area contributed by atoms with Gasteiger partial charge in [-0.05, 0) is 80.0 Å². The summed E-state index contributed by atoms with van der Waals surface area (Å²) in [5.74, 6) is -2.23. The van der Waals surface area contributed by atoms with E-state index >= 15 is 0 Å². The molecule has 6 N–H and O–H groups in total. The second-order valence-electron chi connectivity index (χ2n) is 15.4. The lowest BCUT2D eigenvalue weighted by Gasteiger charge is -2.25. The Morgan fingerprint density at radius 3 is 2.27 bits per heavy atom. The number of hydrogen-bond donors (Lipinski definition) is 5. The summed E-state index contributed by atoms with van der Waals surface area (Å²) in [7, 11) is 0. The fourth-order valence-corrected chi connectivity index (χ4v) is 8.01. The molecule has 1 saturated carbocycles. The summed E-state index contributed by atoms with van der Waals surface area (Å²) in [6, 6.07) is 13.4. The van der Waals surface area contributed by atoms with Crippen molar-refractivity contribution in [2.75, 3.05) is 18.4 Å². The topological polar surface area (TPSA) is 206 Å². The van der Waals surface area contributed by atoms with Gasteiger partial charge >= 0.3 is 12.0 Å². The second kappa shape index (κ2) is 19.4. The lowest BCUT2D eigenvalue weighted by molar-refractivity contribution is -0.144. The molecule has 3 aliphatic rings. The third-order valence-corrected chi connectivity index (χ3v) is 10.9. The van der Waals surface area contributed by atoms with Crippen LogP contribution in [0.25, 0.3) is 0 Å². The van der Waals surface area contributed by atoms with E-state index in [-0.39, 0.29) is 85.7 Å². The van der Waals surface area contributed by atoms with Gasteiger partial charge in [0.1, 0.15) is 18.7 Å². The molecule has 1 saturated heterocycles. The number of benzene rings is 2. The van der Waals surface area contributed by atoms with E-state index in [9.17, 15) is 33.6 Å². The molecule has 0 aromatic heterocycles. The monoisotopic (exact) mass is 770 g/mol. The highest BCUT2D eigenvalue weighted by molar-refractivity contribution is 6.06. The number of fused-ring (bicyclic) bond motifs is 5. The molecule has 5 rings (SSSR count). The predicted molar refractivity (Wildman–Crippen MR) is 208 cm³/mol. The van der Waals surface area contributed by atoms with Gasteiger partial charge in [0.05, 0.1) is 18.3 Å². The van der Waals surface area contributed by atoms with Crippen molar-refractivity contribution in [3.63, 3.8) is 0 Å². The van der Waals surface area contributed by atoms with Crippen molar-refractivity contribution in [3.05, 3.63) is 77.4 Å². The van der Waals surface area contributed by atoms with Gasteiger partial charge in [0.2, 0.25) is 29.5 Å². The van der Waals surface area contributed by atoms with Crippen LogP contribution in [0.2, 0.25) is 0 Å². The number of hydrogen-bond acceptors (Lipinski definition) is 8. The number of ether oxygens (including phenoxy) is 1. The number of anilines is 1. The van der Waals surface area contributed by atoms with Crippen LogP contribution in [0.3, 0.4) is 0 Å². The molecule has 2 aromatic carbocycles. The maximum Gasteiger partial charge on any atom is 0.312 e. The lowest BCUT2D eigenvalue weighted by Crippen LogP contribution is -2.54. The molecule has 2 aromatic rings. The van der Waals surface area contributed by atoms with Crippen LogP contribution in [0.5, 0.6) is 0 Å². The number of imide groups is 1. The second-order valence-corrected chi connectivity index (χ2v) is 15.4. The van der Waals surface area contributed by atoms with Gasteiger partial charge in [0.25, 0.3) is 0 Å². The summed E-state index contributed by atoms with van der Waals surface area (Å²) in [6.45, 7) is 6.22. The average Bonchev–Trinajstić information content (AvgIpc) is 3.80. The molecular weight excluding hydrogens is 716 g/mol. The predicted octanol–water partition coefficient (Wildman–Crippen LogP) is 3.74. The van der Waals surface area contributed by atoms with Gasteiger partial charge in [-0.25, -0.2) is 4.79 Å². The lowest BCUT2D eigenvalue weighted by atomic mass is 9.82. The highest BCUT2D eigenvalue weighted by atomic mass is 16.5. The van der Waals surface area contributed by atoms with E-state index in [1.54, 1.807) is 38.1 Å². The Morgan fingerprint density at radius 1 is 0.857 bits per heavy atom. The summed E-state index contributed by atoms with van der Waals surface area (Å²) in [4.78, 5) is 91.0. The van der Waals surface area contributed by atoms with Crippen LogP contribution in [0.4, 0.5) is 10.5 Å². The number of rotatable bonds is 20. The largest absolute Gasteiger partial charge is 0.461 e. The van der Waals surface area contributed by atoms with Gasteiger partial charge in [-0.3, -0.25) is 33.7 Å². The highest BCUT2D eigenvalue weighted by Crippen LogP contribution is 2.55. The number of amides is 7. The van der Waals surface area contributed by atoms with E-state index < -0.39 is 29.9 Å². The minimum atomic E-state index is -1.00. The first kappa shape index (κ1) is 41.6. The van der Waals surface area contributed by atoms with Gasteiger partial charge in [-0.15, -0.1) is 0 Å². The molecule has 1 aliphatic heterocycles. The molecule has 2 bridgehead atoms. The number of carbonyl (C=O) groups is 7. The van der Waals surface area contributed by atoms with Gasteiger partial charge in [-0.2, -0.15) is 0 Å². The van der Waals surface area contributed by atoms with Crippen molar-refractivity contribution in [1.29, 1.82) is 0 Å². The first-order valence-electron chi connectivity index (χ1n) is 19.6. The van der Waals surface area contributed by atoms with Crippen LogP contribution in [0.15, 0.2) is 66.2 Å². The van der Waals surface area contributed by atoms with Crippen molar-refractivity contribution >= 4 is 47.2 Å². The molecule has 14 heteroatoms. The molecule has 56 heavy (non-hydrogen) atoms. The van der Waals surface area contributed by atoms with E-state index in [2.05, 4.69) is 27.3 Å². The molecule has 0 spiro atoms. The minimum Gasteiger partial charge on any atom is -0.461 e. The Morgan fingerprint density at radius 2 is 1.57 bits per heavy atom. The van der Waals surface area contributed by atoms with E-state index in [1.807, 2.05) is 37.3 Å². The number of carbonyl (C=O) groups excluding carboxylic acids is 7. The summed E-state index contributed by atoms with van der Waals surface area (Å²) in [5.41, 5.74) is 8.43. The SMILES string of the molecule is CC1=CC2CC1C1C(=O)N(CCCCCC(=O)NC(C(=O)N[C@@H](CCCNC(N)=O)C(=O)Nc3ccc(COC(=O)Cc4ccccc4)cc3)C(C)C)C(=O)C21. The van der Waals surface area contributed by atoms with Crippen LogP contribution in [0.1, 0.15) is 76.8 Å². The molecule has 1 heterocycles. The molecule has 5 unspecified atom stereocenters. The molecule has 14 nitrogen and oxygen atoms in total. The molecule has 300 valence electrons. The number of urea groups is 1. The molecule has 0 radical (unpaired) electrons. The summed E-state index contributed by atoms with van der Waals surface area (Å²) in [6.07, 6.45) is 5.60. The van der Waals surface area contributed by atoms with Crippen molar-refractivity contribution < 1.29 is 38.3 Å². The normalized spacial score (nSPS) is 20.6. The van der Waals surface area contributed by atoms with Crippen LogP contribution >= 0.6 is 0 Å². The van der Waals surface area contributed by atoms with Crippen LogP contribution in [-0.4, -0.2) is 71.6 Å². The molecular formula is C42H54N6O8. The number of nitrogens with one attached hydrogen (secondary N) is 4. The first-order chi connectivity index (χ1) is 26.8. The molecule has 6 atom stereocenters. The number of likely N-dealkylation sites (tertiary alicyclic amines) is 1. The smallest absolute Gasteiger partial charge is 0.312 e. The maximum atomic E-state index is 13.5. The fraction of sp³-hybridized carbons (Fsp3) is 0.500. The maximum absolute atomic E-state index is 13.5. The van der Waals surface area contributed by atoms with Gasteiger partial charge in [0.15, 0.2) is 0 Å². The molecule has 2 aliphatic carbocycles. The zero-order valence-corrected chi connectivity index (χ0v) is 32.4. The van der Waals surface area contributed by atoms with Crippen molar-refractivity contribution in [2.45, 2.75) is 90.8 Å². The zero-order valence-electron chi connectivity index (χ0n) is 32.4. The van der Waals surface area contributed by atoms with Crippen molar-refractivity contribution in [3.8, 4) is 0 Å². The fourth-order valence-electron chi connectivity index (χ4n) is 8.01. The quantitative estimate of drug-likeness (QED) is 0.0579. The number of primary amides is 1. The van der Waals surface area contributed by atoms with E-state index in [4.69, 9.17) is 10.5 Å². The Labute approximate surface area is 327 Å². The number of nitrogens with zero attached hydrogens (tertiary/aromatic N) is 1. The van der Waals surface area contributed by atoms with Crippen LogP contribution in [0, 0.1) is 29.6 Å². The van der Waals surface area contributed by atoms with Crippen molar-refractivity contribution in [2.24, 2.45) is 35.3 Å². The summed E-state index contributed by atoms with van der Waals surface area (Å²) >= 11 is 0. The Bertz CT molecular complexity index is 1800. The van der Waals surface area contributed by atoms with Gasteiger partial charge < -0.3 is 31.7 Å². The highest BCUT2D eigenvalue weighted by Gasteiger charge is 2.60. The van der Waals surface area contributed by atoms with E-state index in [0.29, 0.717) is 37.9 Å². The summed E-state index contributed by atoms with van der Waals surface area (Å²) in [5, 5.41) is 10.9.